The molecule has 4 aliphatic heterocycles. The van der Waals surface area contributed by atoms with Gasteiger partial charge in [0.1, 0.15) is 0 Å². The lowest BCUT2D eigenvalue weighted by Gasteiger charge is -2.51. The van der Waals surface area contributed by atoms with Gasteiger partial charge in [0, 0.05) is 43.5 Å². The number of hydrogen-bond donors (Lipinski definition) is 0. The summed E-state index contributed by atoms with van der Waals surface area (Å²) in [5.41, 5.74) is 2.83. The Kier molecular flexibility index (Phi) is 4.68. The van der Waals surface area contributed by atoms with Gasteiger partial charge in [0.2, 0.25) is 12.5 Å². The molecule has 7 nitrogen and oxygen atoms in total. The molecule has 2 aromatic carbocycles. The van der Waals surface area contributed by atoms with E-state index in [9.17, 15) is 0 Å². The first kappa shape index (κ1) is 19.7. The van der Waals surface area contributed by atoms with E-state index in [1.54, 1.807) is 7.11 Å². The molecule has 1 saturated heterocycles. The smallest absolute Gasteiger partial charge is 0.231 e. The number of hydrazone groups is 1. The molecule has 0 aromatic heterocycles. The molecule has 32 heavy (non-hydrogen) atoms. The maximum atomic E-state index is 6.80. The zero-order valence-corrected chi connectivity index (χ0v) is 18.7. The van der Waals surface area contributed by atoms with Crippen LogP contribution in [0.4, 0.5) is 0 Å². The molecule has 1 fully saturated rings. The van der Waals surface area contributed by atoms with Crippen molar-refractivity contribution in [3.05, 3.63) is 47.5 Å². The van der Waals surface area contributed by atoms with Crippen molar-refractivity contribution in [3.8, 4) is 23.0 Å². The lowest BCUT2D eigenvalue weighted by atomic mass is 9.90. The number of benzene rings is 2. The number of likely N-dealkylation sites (tertiary alicyclic amines) is 1. The summed E-state index contributed by atoms with van der Waals surface area (Å²) in [7, 11) is 1.71. The van der Waals surface area contributed by atoms with Gasteiger partial charge in [0.25, 0.3) is 0 Å². The van der Waals surface area contributed by atoms with Crippen LogP contribution in [0.5, 0.6) is 23.0 Å². The molecule has 0 bridgehead atoms. The Morgan fingerprint density at radius 2 is 1.97 bits per heavy atom. The molecular weight excluding hydrogens is 406 g/mol. The van der Waals surface area contributed by atoms with Gasteiger partial charge in [-0.1, -0.05) is 19.1 Å². The third-order valence-corrected chi connectivity index (χ3v) is 7.09. The van der Waals surface area contributed by atoms with E-state index in [0.29, 0.717) is 0 Å². The summed E-state index contributed by atoms with van der Waals surface area (Å²) in [5, 5.41) is 7.43. The van der Waals surface area contributed by atoms with Gasteiger partial charge in [0.15, 0.2) is 23.0 Å². The number of para-hydroxylation sites is 1. The number of nitrogens with zero attached hydrogens (tertiary/aromatic N) is 3. The molecule has 0 radical (unpaired) electrons. The summed E-state index contributed by atoms with van der Waals surface area (Å²) in [6.45, 7) is 5.66. The van der Waals surface area contributed by atoms with Crippen LogP contribution in [-0.4, -0.2) is 54.9 Å². The largest absolute Gasteiger partial charge is 0.493 e. The molecule has 168 valence electrons. The van der Waals surface area contributed by atoms with Crippen molar-refractivity contribution >= 4 is 5.71 Å². The second kappa shape index (κ2) is 7.59. The Labute approximate surface area is 188 Å². The fourth-order valence-corrected chi connectivity index (χ4v) is 5.45. The fourth-order valence-electron chi connectivity index (χ4n) is 5.45. The highest BCUT2D eigenvalue weighted by molar-refractivity contribution is 6.02. The summed E-state index contributed by atoms with van der Waals surface area (Å²) in [6, 6.07) is 12.4. The van der Waals surface area contributed by atoms with Crippen molar-refractivity contribution in [1.82, 2.24) is 9.91 Å². The summed E-state index contributed by atoms with van der Waals surface area (Å²) >= 11 is 0. The van der Waals surface area contributed by atoms with Crippen LogP contribution in [0.25, 0.3) is 0 Å². The van der Waals surface area contributed by atoms with Crippen LogP contribution >= 0.6 is 0 Å². The van der Waals surface area contributed by atoms with Gasteiger partial charge in [-0.25, -0.2) is 5.01 Å². The number of fused-ring (bicyclic) bond motifs is 5. The minimum atomic E-state index is -0.450. The lowest BCUT2D eigenvalue weighted by Crippen LogP contribution is -2.59. The lowest BCUT2D eigenvalue weighted by molar-refractivity contribution is -0.150. The average Bonchev–Trinajstić information content (AvgIpc) is 3.48. The predicted octanol–water partition coefficient (Wildman–Crippen LogP) is 4.17. The van der Waals surface area contributed by atoms with Gasteiger partial charge in [-0.2, -0.15) is 5.10 Å². The molecule has 0 unspecified atom stereocenters. The first-order valence-corrected chi connectivity index (χ1v) is 11.6. The molecular formula is C25H29N3O4. The van der Waals surface area contributed by atoms with E-state index in [1.807, 2.05) is 24.3 Å². The molecule has 0 saturated carbocycles. The Morgan fingerprint density at radius 3 is 2.78 bits per heavy atom. The third kappa shape index (κ3) is 3.02. The predicted molar refractivity (Wildman–Crippen MR) is 121 cm³/mol. The van der Waals surface area contributed by atoms with E-state index in [1.165, 1.54) is 6.42 Å². The van der Waals surface area contributed by atoms with E-state index >= 15 is 0 Å². The minimum absolute atomic E-state index is 0.131. The van der Waals surface area contributed by atoms with Crippen molar-refractivity contribution in [2.75, 3.05) is 33.5 Å². The molecule has 0 amide bonds. The van der Waals surface area contributed by atoms with Crippen LogP contribution in [0.3, 0.4) is 0 Å². The minimum Gasteiger partial charge on any atom is -0.493 e. The monoisotopic (exact) mass is 435 g/mol. The first-order chi connectivity index (χ1) is 15.7. The van der Waals surface area contributed by atoms with E-state index in [4.69, 9.17) is 24.0 Å². The molecule has 0 N–H and O–H groups in total. The van der Waals surface area contributed by atoms with E-state index in [-0.39, 0.29) is 12.8 Å². The van der Waals surface area contributed by atoms with Gasteiger partial charge in [-0.3, -0.25) is 0 Å². The van der Waals surface area contributed by atoms with Crippen molar-refractivity contribution < 1.29 is 18.9 Å². The average molecular weight is 436 g/mol. The second-order valence-corrected chi connectivity index (χ2v) is 8.95. The van der Waals surface area contributed by atoms with Crippen LogP contribution in [0.2, 0.25) is 0 Å². The maximum Gasteiger partial charge on any atom is 0.231 e. The van der Waals surface area contributed by atoms with Crippen LogP contribution in [0.15, 0.2) is 41.5 Å². The molecule has 4 aliphatic rings. The Hall–Kier alpha value is -2.93. The fraction of sp³-hybridized carbons (Fsp3) is 0.480. The topological polar surface area (TPSA) is 55.8 Å². The van der Waals surface area contributed by atoms with Gasteiger partial charge < -0.3 is 23.8 Å². The van der Waals surface area contributed by atoms with Crippen molar-refractivity contribution in [1.29, 1.82) is 0 Å². The first-order valence-electron chi connectivity index (χ1n) is 11.6. The van der Waals surface area contributed by atoms with Crippen LogP contribution in [-0.2, 0) is 0 Å². The molecule has 0 aliphatic carbocycles. The highest BCUT2D eigenvalue weighted by Gasteiger charge is 2.52. The summed E-state index contributed by atoms with van der Waals surface area (Å²) in [5.74, 6) is 3.26. The van der Waals surface area contributed by atoms with Crippen LogP contribution in [0, 0.1) is 0 Å². The normalized spacial score (nSPS) is 22.9. The van der Waals surface area contributed by atoms with Gasteiger partial charge >= 0.3 is 0 Å². The Bertz CT molecular complexity index is 1060. The Morgan fingerprint density at radius 1 is 1.12 bits per heavy atom. The molecule has 6 rings (SSSR count). The Balaban J connectivity index is 1.39. The zero-order chi connectivity index (χ0) is 21.7. The number of methoxy groups -OCH3 is 1. The number of ether oxygens (including phenoxy) is 4. The highest BCUT2D eigenvalue weighted by atomic mass is 16.7. The quantitative estimate of drug-likeness (QED) is 0.719. The highest BCUT2D eigenvalue weighted by Crippen LogP contribution is 2.53. The van der Waals surface area contributed by atoms with Crippen molar-refractivity contribution in [3.63, 3.8) is 0 Å². The standard InChI is InChI=1S/C25H29N3O4/c1-3-11-27-12-9-25(10-13-27)28-20(18-5-4-6-22(29-2)24(18)32-25)15-19(26-28)17-7-8-21-23(14-17)31-16-30-21/h4-8,14,20H,3,9-13,15-16H2,1-2H3/t20-/m0/s1. The zero-order valence-electron chi connectivity index (χ0n) is 18.7. The summed E-state index contributed by atoms with van der Waals surface area (Å²) in [6.07, 6.45) is 3.82. The molecule has 1 spiro atoms. The van der Waals surface area contributed by atoms with Gasteiger partial charge in [-0.15, -0.1) is 0 Å². The second-order valence-electron chi connectivity index (χ2n) is 8.95. The van der Waals surface area contributed by atoms with Crippen LogP contribution < -0.4 is 18.9 Å². The third-order valence-electron chi connectivity index (χ3n) is 7.09. The number of hydrogen-bond acceptors (Lipinski definition) is 7. The molecule has 7 heteroatoms. The SMILES string of the molecule is CCCN1CCC2(CC1)Oc1c(OC)cccc1[C@@H]1CC(c3ccc4c(c3)OCO4)=NN12. The molecule has 1 atom stereocenters. The van der Waals surface area contributed by atoms with Crippen molar-refractivity contribution in [2.24, 2.45) is 5.10 Å². The maximum absolute atomic E-state index is 6.80. The van der Waals surface area contributed by atoms with Gasteiger partial charge in [0.05, 0.1) is 18.9 Å². The summed E-state index contributed by atoms with van der Waals surface area (Å²) < 4.78 is 23.6. The number of rotatable bonds is 4. The summed E-state index contributed by atoms with van der Waals surface area (Å²) in [4.78, 5) is 2.53. The molecule has 2 aromatic rings. The van der Waals surface area contributed by atoms with Crippen molar-refractivity contribution in [2.45, 2.75) is 44.4 Å². The number of piperidine rings is 1. The van der Waals surface area contributed by atoms with E-state index in [2.05, 4.69) is 29.0 Å². The van der Waals surface area contributed by atoms with Gasteiger partial charge in [-0.05, 0) is 37.2 Å². The van der Waals surface area contributed by atoms with E-state index < -0.39 is 5.72 Å². The van der Waals surface area contributed by atoms with E-state index in [0.717, 1.165) is 78.7 Å². The molecule has 4 heterocycles. The van der Waals surface area contributed by atoms with Crippen LogP contribution in [0.1, 0.15) is 49.8 Å².